The molecule has 1 aliphatic heterocycles. The maximum absolute atomic E-state index is 12.7. The second-order valence-electron chi connectivity index (χ2n) is 5.13. The lowest BCUT2D eigenvalue weighted by Gasteiger charge is -2.30. The van der Waals surface area contributed by atoms with Gasteiger partial charge in [-0.2, -0.15) is 8.42 Å². The summed E-state index contributed by atoms with van der Waals surface area (Å²) in [7, 11) is -3.80. The van der Waals surface area contributed by atoms with Crippen LogP contribution < -0.4 is 13.8 Å². The van der Waals surface area contributed by atoms with Gasteiger partial charge in [-0.15, -0.1) is 0 Å². The molecule has 3 rings (SSSR count). The van der Waals surface area contributed by atoms with Crippen molar-refractivity contribution in [2.24, 2.45) is 0 Å². The van der Waals surface area contributed by atoms with Crippen molar-refractivity contribution in [3.8, 4) is 5.75 Å². The third-order valence-electron chi connectivity index (χ3n) is 3.49. The molecule has 0 saturated heterocycles. The topological polar surface area (TPSA) is 75.7 Å². The molecule has 7 heteroatoms. The molecule has 0 spiro atoms. The first-order valence-electron chi connectivity index (χ1n) is 7.11. The first kappa shape index (κ1) is 15.4. The van der Waals surface area contributed by atoms with Gasteiger partial charge in [0, 0.05) is 5.56 Å². The number of para-hydroxylation sites is 2. The Labute approximate surface area is 134 Å². The third-order valence-corrected chi connectivity index (χ3v) is 4.95. The van der Waals surface area contributed by atoms with E-state index in [2.05, 4.69) is 4.72 Å². The van der Waals surface area contributed by atoms with Gasteiger partial charge in [-0.05, 0) is 31.2 Å². The molecule has 1 aliphatic rings. The fourth-order valence-electron chi connectivity index (χ4n) is 2.40. The molecule has 120 valence electrons. The molecule has 0 fully saturated rings. The number of Topliss-reactive ketones (excluding diaryl/α,β-unsaturated/α-hetero) is 1. The number of nitrogens with one attached hydrogen (secondary N) is 1. The number of hydrogen-bond donors (Lipinski definition) is 1. The Hall–Kier alpha value is -2.54. The third kappa shape index (κ3) is 3.14. The summed E-state index contributed by atoms with van der Waals surface area (Å²) in [6.45, 7) is 1.94. The molecular weight excluding hydrogens is 316 g/mol. The van der Waals surface area contributed by atoms with Crippen molar-refractivity contribution in [2.45, 2.75) is 6.92 Å². The lowest BCUT2D eigenvalue weighted by Crippen LogP contribution is -2.41. The van der Waals surface area contributed by atoms with Crippen molar-refractivity contribution < 1.29 is 17.9 Å². The highest BCUT2D eigenvalue weighted by molar-refractivity contribution is 7.94. The van der Waals surface area contributed by atoms with E-state index in [9.17, 15) is 13.2 Å². The van der Waals surface area contributed by atoms with Crippen LogP contribution >= 0.6 is 0 Å². The van der Waals surface area contributed by atoms with Crippen molar-refractivity contribution in [1.29, 1.82) is 0 Å². The van der Waals surface area contributed by atoms with E-state index in [0.717, 1.165) is 0 Å². The minimum Gasteiger partial charge on any atom is -0.489 e. The average molecular weight is 332 g/mol. The van der Waals surface area contributed by atoms with Crippen LogP contribution in [0.15, 0.2) is 48.5 Å². The average Bonchev–Trinajstić information content (AvgIpc) is 2.54. The second-order valence-corrected chi connectivity index (χ2v) is 6.73. The molecule has 0 unspecified atom stereocenters. The van der Waals surface area contributed by atoms with Crippen LogP contribution in [-0.4, -0.2) is 27.4 Å². The van der Waals surface area contributed by atoms with Gasteiger partial charge in [0.15, 0.2) is 5.78 Å². The molecular formula is C16H16N2O4S. The smallest absolute Gasteiger partial charge is 0.324 e. The Morgan fingerprint density at radius 3 is 2.74 bits per heavy atom. The Bertz CT molecular complexity index is 849. The van der Waals surface area contributed by atoms with Crippen LogP contribution in [0.2, 0.25) is 0 Å². The highest BCUT2D eigenvalue weighted by Gasteiger charge is 2.28. The predicted octanol–water partition coefficient (Wildman–Crippen LogP) is 2.44. The Balaban J connectivity index is 1.91. The number of rotatable bonds is 4. The molecule has 2 aromatic rings. The molecule has 0 amide bonds. The van der Waals surface area contributed by atoms with Crippen LogP contribution in [0.25, 0.3) is 0 Å². The number of carbonyl (C=O) groups excluding carboxylic acids is 1. The van der Waals surface area contributed by atoms with Gasteiger partial charge in [0.25, 0.3) is 0 Å². The van der Waals surface area contributed by atoms with Crippen molar-refractivity contribution >= 4 is 27.4 Å². The van der Waals surface area contributed by atoms with Crippen LogP contribution in [0.5, 0.6) is 5.75 Å². The summed E-state index contributed by atoms with van der Waals surface area (Å²) in [6, 6.07) is 13.4. The zero-order valence-corrected chi connectivity index (χ0v) is 13.3. The Kier molecular flexibility index (Phi) is 3.96. The molecule has 0 bridgehead atoms. The van der Waals surface area contributed by atoms with Crippen LogP contribution in [0.3, 0.4) is 0 Å². The van der Waals surface area contributed by atoms with Crippen molar-refractivity contribution in [3.63, 3.8) is 0 Å². The van der Waals surface area contributed by atoms with Gasteiger partial charge in [-0.1, -0.05) is 24.3 Å². The molecule has 2 aromatic carbocycles. The molecule has 1 heterocycles. The summed E-state index contributed by atoms with van der Waals surface area (Å²) in [4.78, 5) is 11.4. The molecule has 23 heavy (non-hydrogen) atoms. The van der Waals surface area contributed by atoms with Gasteiger partial charge in [-0.3, -0.25) is 9.52 Å². The number of ether oxygens (including phenoxy) is 1. The quantitative estimate of drug-likeness (QED) is 0.873. The number of nitrogens with zero attached hydrogens (tertiary/aromatic N) is 1. The second kappa shape index (κ2) is 5.92. The lowest BCUT2D eigenvalue weighted by molar-refractivity contribution is 0.101. The van der Waals surface area contributed by atoms with Gasteiger partial charge < -0.3 is 4.74 Å². The van der Waals surface area contributed by atoms with E-state index in [0.29, 0.717) is 22.7 Å². The monoisotopic (exact) mass is 332 g/mol. The first-order valence-corrected chi connectivity index (χ1v) is 8.55. The number of benzene rings is 2. The van der Waals surface area contributed by atoms with Crippen LogP contribution in [0.4, 0.5) is 11.4 Å². The van der Waals surface area contributed by atoms with E-state index >= 15 is 0 Å². The standard InChI is InChI=1S/C16H16N2O4S/c1-12(19)13-5-4-6-14(11-13)17-23(20,21)18-9-10-22-16-8-3-2-7-15(16)18/h2-8,11,17H,9-10H2,1H3. The van der Waals surface area contributed by atoms with Gasteiger partial charge in [0.2, 0.25) is 0 Å². The van der Waals surface area contributed by atoms with Gasteiger partial charge >= 0.3 is 10.2 Å². The SMILES string of the molecule is CC(=O)c1cccc(NS(=O)(=O)N2CCOc3ccccc32)c1. The van der Waals surface area contributed by atoms with Crippen LogP contribution in [-0.2, 0) is 10.2 Å². The van der Waals surface area contributed by atoms with Crippen LogP contribution in [0, 0.1) is 0 Å². The largest absolute Gasteiger partial charge is 0.489 e. The fraction of sp³-hybridized carbons (Fsp3) is 0.188. The summed E-state index contributed by atoms with van der Waals surface area (Å²) in [5.74, 6) is 0.407. The molecule has 0 aliphatic carbocycles. The highest BCUT2D eigenvalue weighted by Crippen LogP contribution is 2.33. The number of fused-ring (bicyclic) bond motifs is 1. The molecule has 0 saturated carbocycles. The minimum absolute atomic E-state index is 0.122. The van der Waals surface area contributed by atoms with Crippen molar-refractivity contribution in [1.82, 2.24) is 0 Å². The van der Waals surface area contributed by atoms with Gasteiger partial charge in [0.1, 0.15) is 12.4 Å². The number of hydrogen-bond acceptors (Lipinski definition) is 4. The zero-order valence-electron chi connectivity index (χ0n) is 12.5. The van der Waals surface area contributed by atoms with E-state index in [-0.39, 0.29) is 18.9 Å². The molecule has 0 aromatic heterocycles. The number of anilines is 2. The lowest BCUT2D eigenvalue weighted by atomic mass is 10.1. The fourth-order valence-corrected chi connectivity index (χ4v) is 3.66. The summed E-state index contributed by atoms with van der Waals surface area (Å²) in [5.41, 5.74) is 1.29. The van der Waals surface area contributed by atoms with E-state index in [1.807, 2.05) is 0 Å². The van der Waals surface area contributed by atoms with E-state index in [1.54, 1.807) is 42.5 Å². The predicted molar refractivity (Wildman–Crippen MR) is 88.3 cm³/mol. The molecule has 0 atom stereocenters. The Morgan fingerprint density at radius 2 is 1.96 bits per heavy atom. The van der Waals surface area contributed by atoms with Crippen LogP contribution in [0.1, 0.15) is 17.3 Å². The first-order chi connectivity index (χ1) is 11.0. The normalized spacial score (nSPS) is 13.9. The highest BCUT2D eigenvalue weighted by atomic mass is 32.2. The van der Waals surface area contributed by atoms with E-state index in [1.165, 1.54) is 17.3 Å². The van der Waals surface area contributed by atoms with Gasteiger partial charge in [0.05, 0.1) is 17.9 Å². The summed E-state index contributed by atoms with van der Waals surface area (Å²) < 4.78 is 34.6. The van der Waals surface area contributed by atoms with E-state index in [4.69, 9.17) is 4.74 Å². The molecule has 1 N–H and O–H groups in total. The molecule has 0 radical (unpaired) electrons. The maximum atomic E-state index is 12.7. The van der Waals surface area contributed by atoms with Gasteiger partial charge in [-0.25, -0.2) is 4.31 Å². The number of carbonyl (C=O) groups is 1. The van der Waals surface area contributed by atoms with Crippen molar-refractivity contribution in [2.75, 3.05) is 22.2 Å². The Morgan fingerprint density at radius 1 is 1.17 bits per heavy atom. The zero-order chi connectivity index (χ0) is 16.4. The minimum atomic E-state index is -3.80. The van der Waals surface area contributed by atoms with Crippen molar-refractivity contribution in [3.05, 3.63) is 54.1 Å². The number of ketones is 1. The summed E-state index contributed by atoms with van der Waals surface area (Å²) in [6.07, 6.45) is 0. The maximum Gasteiger partial charge on any atom is 0.324 e. The van der Waals surface area contributed by atoms with E-state index < -0.39 is 10.2 Å². The summed E-state index contributed by atoms with van der Waals surface area (Å²) in [5, 5.41) is 0. The summed E-state index contributed by atoms with van der Waals surface area (Å²) >= 11 is 0. The molecule has 6 nitrogen and oxygen atoms in total.